The molecule has 2 aliphatic rings. The highest BCUT2D eigenvalue weighted by Crippen LogP contribution is 2.18. The average Bonchev–Trinajstić information content (AvgIpc) is 2.83. The zero-order valence-corrected chi connectivity index (χ0v) is 22.7. The fraction of sp³-hybridized carbons (Fsp3) is 0.680. The van der Waals surface area contributed by atoms with Gasteiger partial charge in [-0.3, -0.25) is 14.7 Å². The van der Waals surface area contributed by atoms with Crippen molar-refractivity contribution in [2.24, 2.45) is 10.9 Å². The minimum absolute atomic E-state index is 0. The first-order valence-corrected chi connectivity index (χ1v) is 12.3. The summed E-state index contributed by atoms with van der Waals surface area (Å²) in [4.78, 5) is 23.9. The predicted octanol–water partition coefficient (Wildman–Crippen LogP) is 3.05. The number of benzene rings is 1. The zero-order valence-electron chi connectivity index (χ0n) is 20.4. The monoisotopic (exact) mass is 571 g/mol. The lowest BCUT2D eigenvalue weighted by molar-refractivity contribution is -0.149. The van der Waals surface area contributed by atoms with Crippen LogP contribution in [0.3, 0.4) is 0 Å². The van der Waals surface area contributed by atoms with Crippen LogP contribution < -0.4 is 5.32 Å². The summed E-state index contributed by atoms with van der Waals surface area (Å²) < 4.78 is 5.22. The highest BCUT2D eigenvalue weighted by atomic mass is 127. The first-order chi connectivity index (χ1) is 15.7. The van der Waals surface area contributed by atoms with Gasteiger partial charge < -0.3 is 19.9 Å². The largest absolute Gasteiger partial charge is 0.466 e. The van der Waals surface area contributed by atoms with Crippen molar-refractivity contribution in [3.63, 3.8) is 0 Å². The molecule has 1 atom stereocenters. The van der Waals surface area contributed by atoms with E-state index in [1.54, 1.807) is 0 Å². The van der Waals surface area contributed by atoms with Crippen LogP contribution in [0.4, 0.5) is 0 Å². The molecule has 8 heteroatoms. The molecule has 1 N–H and O–H groups in total. The van der Waals surface area contributed by atoms with E-state index in [9.17, 15) is 4.79 Å². The Balaban J connectivity index is 0.00000385. The number of carbonyl (C=O) groups excluding carboxylic acids is 1. The van der Waals surface area contributed by atoms with Crippen molar-refractivity contribution in [3.05, 3.63) is 35.9 Å². The maximum Gasteiger partial charge on any atom is 0.310 e. The number of guanidine groups is 1. The number of esters is 1. The van der Waals surface area contributed by atoms with Gasteiger partial charge in [0.1, 0.15) is 0 Å². The van der Waals surface area contributed by atoms with Gasteiger partial charge >= 0.3 is 5.97 Å². The molecule has 0 radical (unpaired) electrons. The van der Waals surface area contributed by atoms with Gasteiger partial charge in [0.2, 0.25) is 0 Å². The van der Waals surface area contributed by atoms with E-state index < -0.39 is 0 Å². The molecular formula is C25H42IN5O2. The van der Waals surface area contributed by atoms with E-state index in [1.807, 2.05) is 14.0 Å². The molecule has 1 unspecified atom stereocenters. The van der Waals surface area contributed by atoms with Gasteiger partial charge in [-0.2, -0.15) is 0 Å². The number of piperazine rings is 1. The topological polar surface area (TPSA) is 60.4 Å². The summed E-state index contributed by atoms with van der Waals surface area (Å²) in [6.07, 6.45) is 4.22. The van der Waals surface area contributed by atoms with Crippen molar-refractivity contribution in [1.29, 1.82) is 0 Å². The first-order valence-electron chi connectivity index (χ1n) is 12.3. The lowest BCUT2D eigenvalue weighted by atomic mass is 9.98. The van der Waals surface area contributed by atoms with Crippen LogP contribution in [-0.4, -0.2) is 92.6 Å². The summed E-state index contributed by atoms with van der Waals surface area (Å²) in [5.74, 6) is 0.799. The highest BCUT2D eigenvalue weighted by Gasteiger charge is 2.28. The number of halogens is 1. The second kappa shape index (κ2) is 15.5. The molecule has 0 bridgehead atoms. The number of rotatable bonds is 9. The molecule has 7 nitrogen and oxygen atoms in total. The lowest BCUT2D eigenvalue weighted by Gasteiger charge is -2.35. The molecule has 1 aromatic carbocycles. The second-order valence-electron chi connectivity index (χ2n) is 8.82. The Morgan fingerprint density at radius 3 is 2.52 bits per heavy atom. The van der Waals surface area contributed by atoms with E-state index in [4.69, 9.17) is 4.74 Å². The summed E-state index contributed by atoms with van der Waals surface area (Å²) in [5, 5.41) is 3.50. The average molecular weight is 572 g/mol. The van der Waals surface area contributed by atoms with Crippen LogP contribution in [-0.2, 0) is 16.1 Å². The number of unbranched alkanes of at least 4 members (excludes halogenated alkanes) is 1. The normalized spacial score (nSPS) is 20.2. The summed E-state index contributed by atoms with van der Waals surface area (Å²) in [6, 6.07) is 10.8. The smallest absolute Gasteiger partial charge is 0.310 e. The number of likely N-dealkylation sites (tertiary alicyclic amines) is 1. The fourth-order valence-corrected chi connectivity index (χ4v) is 4.63. The van der Waals surface area contributed by atoms with Crippen LogP contribution in [0.2, 0.25) is 0 Å². The van der Waals surface area contributed by atoms with Gasteiger partial charge in [0, 0.05) is 59.4 Å². The molecule has 0 amide bonds. The Morgan fingerprint density at radius 1 is 1.09 bits per heavy atom. The van der Waals surface area contributed by atoms with E-state index in [2.05, 4.69) is 55.3 Å². The Kier molecular flexibility index (Phi) is 13.1. The van der Waals surface area contributed by atoms with Crippen molar-refractivity contribution in [1.82, 2.24) is 20.0 Å². The number of nitrogens with zero attached hydrogens (tertiary/aromatic N) is 4. The van der Waals surface area contributed by atoms with E-state index >= 15 is 0 Å². The molecule has 2 heterocycles. The first kappa shape index (κ1) is 27.9. The number of nitrogens with one attached hydrogen (secondary N) is 1. The molecular weight excluding hydrogens is 529 g/mol. The van der Waals surface area contributed by atoms with Gasteiger partial charge in [-0.15, -0.1) is 24.0 Å². The quantitative estimate of drug-likeness (QED) is 0.162. The number of aliphatic imine (C=N–C) groups is 1. The van der Waals surface area contributed by atoms with Gasteiger partial charge in [-0.25, -0.2) is 0 Å². The molecule has 33 heavy (non-hydrogen) atoms. The summed E-state index contributed by atoms with van der Waals surface area (Å²) in [6.45, 7) is 11.7. The van der Waals surface area contributed by atoms with Crippen molar-refractivity contribution in [3.8, 4) is 0 Å². The maximum absolute atomic E-state index is 12.1. The molecule has 2 saturated heterocycles. The summed E-state index contributed by atoms with van der Waals surface area (Å²) in [7, 11) is 1.82. The lowest BCUT2D eigenvalue weighted by Crippen LogP contribution is -2.48. The minimum atomic E-state index is -0.0727. The molecule has 186 valence electrons. The Hall–Kier alpha value is -1.39. The molecule has 0 spiro atoms. The number of piperidine rings is 1. The number of ether oxygens (including phenoxy) is 1. The van der Waals surface area contributed by atoms with E-state index in [1.165, 1.54) is 12.0 Å². The summed E-state index contributed by atoms with van der Waals surface area (Å²) in [5.41, 5.74) is 1.41. The Bertz CT molecular complexity index is 710. The highest BCUT2D eigenvalue weighted by molar-refractivity contribution is 14.0. The SMILES string of the molecule is CCOC(=O)C1CCCN(C(=NC)NCCCCN2CCN(Cc3ccccc3)CC2)C1.I. The van der Waals surface area contributed by atoms with Crippen LogP contribution in [0.25, 0.3) is 0 Å². The fourth-order valence-electron chi connectivity index (χ4n) is 4.63. The van der Waals surface area contributed by atoms with Crippen molar-refractivity contribution in [2.45, 2.75) is 39.2 Å². The third-order valence-electron chi connectivity index (χ3n) is 6.45. The third kappa shape index (κ3) is 9.41. The van der Waals surface area contributed by atoms with E-state index in [-0.39, 0.29) is 35.9 Å². The number of hydrogen-bond donors (Lipinski definition) is 1. The maximum atomic E-state index is 12.1. The third-order valence-corrected chi connectivity index (χ3v) is 6.45. The van der Waals surface area contributed by atoms with Gasteiger partial charge in [0.15, 0.2) is 5.96 Å². The standard InChI is InChI=1S/C25H41N5O2.HI/c1-3-32-24(31)23-12-9-15-30(21-23)25(26-2)27-13-7-8-14-28-16-18-29(19-17-28)20-22-10-5-4-6-11-22;/h4-6,10-11,23H,3,7-9,12-21H2,1-2H3,(H,26,27);1H. The van der Waals surface area contributed by atoms with Crippen LogP contribution in [0.15, 0.2) is 35.3 Å². The zero-order chi connectivity index (χ0) is 22.6. The van der Waals surface area contributed by atoms with Crippen LogP contribution in [0.1, 0.15) is 38.2 Å². The van der Waals surface area contributed by atoms with Crippen molar-refractivity contribution in [2.75, 3.05) is 66.0 Å². The van der Waals surface area contributed by atoms with E-state index in [0.29, 0.717) is 13.2 Å². The van der Waals surface area contributed by atoms with Crippen LogP contribution >= 0.6 is 24.0 Å². The van der Waals surface area contributed by atoms with Gasteiger partial charge in [-0.05, 0) is 44.7 Å². The molecule has 0 aliphatic carbocycles. The van der Waals surface area contributed by atoms with Crippen LogP contribution in [0.5, 0.6) is 0 Å². The predicted molar refractivity (Wildman–Crippen MR) is 145 cm³/mol. The van der Waals surface area contributed by atoms with Gasteiger partial charge in [0.25, 0.3) is 0 Å². The molecule has 2 fully saturated rings. The summed E-state index contributed by atoms with van der Waals surface area (Å²) >= 11 is 0. The second-order valence-corrected chi connectivity index (χ2v) is 8.82. The van der Waals surface area contributed by atoms with Gasteiger partial charge in [0.05, 0.1) is 12.5 Å². The molecule has 1 aromatic rings. The minimum Gasteiger partial charge on any atom is -0.466 e. The van der Waals surface area contributed by atoms with Crippen molar-refractivity contribution >= 4 is 35.9 Å². The van der Waals surface area contributed by atoms with Gasteiger partial charge in [-0.1, -0.05) is 30.3 Å². The molecule has 0 saturated carbocycles. The Labute approximate surface area is 216 Å². The van der Waals surface area contributed by atoms with Crippen LogP contribution in [0, 0.1) is 5.92 Å². The molecule has 3 rings (SSSR count). The Morgan fingerprint density at radius 2 is 1.82 bits per heavy atom. The van der Waals surface area contributed by atoms with Crippen molar-refractivity contribution < 1.29 is 9.53 Å². The molecule has 2 aliphatic heterocycles. The number of hydrogen-bond acceptors (Lipinski definition) is 5. The van der Waals surface area contributed by atoms with E-state index in [0.717, 1.165) is 77.6 Å². The molecule has 0 aromatic heterocycles. The number of carbonyl (C=O) groups is 1.